The third-order valence-corrected chi connectivity index (χ3v) is 4.76. The van der Waals surface area contributed by atoms with E-state index in [2.05, 4.69) is 23.1 Å². The van der Waals surface area contributed by atoms with Gasteiger partial charge in [-0.25, -0.2) is 0 Å². The molecule has 118 valence electrons. The molecule has 0 bridgehead atoms. The van der Waals surface area contributed by atoms with Crippen LogP contribution in [0.25, 0.3) is 0 Å². The van der Waals surface area contributed by atoms with E-state index in [4.69, 9.17) is 4.74 Å². The zero-order valence-corrected chi connectivity index (χ0v) is 13.3. The fourth-order valence-corrected chi connectivity index (χ4v) is 3.60. The van der Waals surface area contributed by atoms with Crippen LogP contribution in [0.4, 0.5) is 11.4 Å². The third kappa shape index (κ3) is 2.34. The van der Waals surface area contributed by atoms with E-state index < -0.39 is 0 Å². The van der Waals surface area contributed by atoms with Crippen molar-refractivity contribution in [1.29, 1.82) is 0 Å². The van der Waals surface area contributed by atoms with Gasteiger partial charge in [0.05, 0.1) is 18.5 Å². The lowest BCUT2D eigenvalue weighted by molar-refractivity contribution is 0.0986. The average Bonchev–Trinajstić information content (AvgIpc) is 2.62. The highest BCUT2D eigenvalue weighted by molar-refractivity contribution is 6.08. The molecular formula is C19H20N2O2. The lowest BCUT2D eigenvalue weighted by atomic mass is 9.97. The molecular weight excluding hydrogens is 288 g/mol. The molecule has 2 heterocycles. The summed E-state index contributed by atoms with van der Waals surface area (Å²) in [6, 6.07) is 13.7. The summed E-state index contributed by atoms with van der Waals surface area (Å²) < 4.78 is 5.17. The molecule has 0 aliphatic carbocycles. The number of ether oxygens (including phenoxy) is 1. The predicted octanol–water partition coefficient (Wildman–Crippen LogP) is 3.11. The van der Waals surface area contributed by atoms with E-state index in [1.807, 2.05) is 29.2 Å². The number of para-hydroxylation sites is 1. The van der Waals surface area contributed by atoms with Crippen molar-refractivity contribution in [3.63, 3.8) is 0 Å². The Labute approximate surface area is 136 Å². The van der Waals surface area contributed by atoms with Crippen molar-refractivity contribution in [2.24, 2.45) is 0 Å². The second kappa shape index (κ2) is 5.61. The Morgan fingerprint density at radius 1 is 1.04 bits per heavy atom. The first-order chi connectivity index (χ1) is 11.3. The topological polar surface area (TPSA) is 32.8 Å². The summed E-state index contributed by atoms with van der Waals surface area (Å²) in [5, 5.41) is 0. The van der Waals surface area contributed by atoms with Crippen LogP contribution in [0.3, 0.4) is 0 Å². The summed E-state index contributed by atoms with van der Waals surface area (Å²) in [6.07, 6.45) is 2.30. The van der Waals surface area contributed by atoms with E-state index in [0.717, 1.165) is 37.5 Å². The Morgan fingerprint density at radius 2 is 1.87 bits per heavy atom. The maximum absolute atomic E-state index is 13.0. The van der Waals surface area contributed by atoms with Crippen LogP contribution in [0.15, 0.2) is 42.5 Å². The number of carbonyl (C=O) groups is 1. The van der Waals surface area contributed by atoms with Crippen LogP contribution in [-0.4, -0.2) is 32.7 Å². The van der Waals surface area contributed by atoms with E-state index in [0.29, 0.717) is 5.56 Å². The SMILES string of the molecule is COc1ccc(C(=O)N2CCN3CCCc4cccc2c43)cc1. The molecule has 4 heteroatoms. The molecule has 2 aromatic rings. The van der Waals surface area contributed by atoms with Gasteiger partial charge in [0, 0.05) is 25.2 Å². The molecule has 2 aliphatic heterocycles. The van der Waals surface area contributed by atoms with E-state index in [1.165, 1.54) is 17.7 Å². The van der Waals surface area contributed by atoms with E-state index in [1.54, 1.807) is 7.11 Å². The van der Waals surface area contributed by atoms with Crippen LogP contribution in [0.5, 0.6) is 5.75 Å². The minimum Gasteiger partial charge on any atom is -0.497 e. The Bertz CT molecular complexity index is 740. The summed E-state index contributed by atoms with van der Waals surface area (Å²) >= 11 is 0. The number of aryl methyl sites for hydroxylation is 1. The van der Waals surface area contributed by atoms with E-state index in [9.17, 15) is 4.79 Å². The van der Waals surface area contributed by atoms with Gasteiger partial charge < -0.3 is 14.5 Å². The number of hydrogen-bond acceptors (Lipinski definition) is 3. The predicted molar refractivity (Wildman–Crippen MR) is 91.6 cm³/mol. The fraction of sp³-hybridized carbons (Fsp3) is 0.316. The summed E-state index contributed by atoms with van der Waals surface area (Å²) in [4.78, 5) is 17.3. The van der Waals surface area contributed by atoms with Gasteiger partial charge in [-0.05, 0) is 48.7 Å². The van der Waals surface area contributed by atoms with Crippen LogP contribution >= 0.6 is 0 Å². The summed E-state index contributed by atoms with van der Waals surface area (Å²) in [5.41, 5.74) is 4.37. The lowest BCUT2D eigenvalue weighted by Crippen LogP contribution is -2.46. The van der Waals surface area contributed by atoms with Gasteiger partial charge in [0.1, 0.15) is 5.75 Å². The molecule has 0 saturated heterocycles. The highest BCUT2D eigenvalue weighted by Crippen LogP contribution is 2.39. The molecule has 1 amide bonds. The van der Waals surface area contributed by atoms with Gasteiger partial charge >= 0.3 is 0 Å². The lowest BCUT2D eigenvalue weighted by Gasteiger charge is -2.41. The van der Waals surface area contributed by atoms with Crippen LogP contribution < -0.4 is 14.5 Å². The van der Waals surface area contributed by atoms with Crippen LogP contribution in [-0.2, 0) is 6.42 Å². The monoisotopic (exact) mass is 308 g/mol. The van der Waals surface area contributed by atoms with Gasteiger partial charge in [-0.2, -0.15) is 0 Å². The molecule has 0 aromatic heterocycles. The fourth-order valence-electron chi connectivity index (χ4n) is 3.60. The Balaban J connectivity index is 1.71. The number of hydrogen-bond donors (Lipinski definition) is 0. The second-order valence-corrected chi connectivity index (χ2v) is 6.06. The average molecular weight is 308 g/mol. The van der Waals surface area contributed by atoms with Crippen molar-refractivity contribution >= 4 is 17.3 Å². The summed E-state index contributed by atoms with van der Waals surface area (Å²) in [7, 11) is 1.63. The number of methoxy groups -OCH3 is 1. The molecule has 2 aliphatic rings. The molecule has 0 saturated carbocycles. The van der Waals surface area contributed by atoms with Crippen molar-refractivity contribution in [2.75, 3.05) is 36.5 Å². The molecule has 0 unspecified atom stereocenters. The largest absolute Gasteiger partial charge is 0.497 e. The van der Waals surface area contributed by atoms with Gasteiger partial charge in [-0.3, -0.25) is 4.79 Å². The number of nitrogens with zero attached hydrogens (tertiary/aromatic N) is 2. The quantitative estimate of drug-likeness (QED) is 0.854. The normalized spacial score (nSPS) is 16.0. The van der Waals surface area contributed by atoms with Crippen LogP contribution in [0.1, 0.15) is 22.3 Å². The highest BCUT2D eigenvalue weighted by Gasteiger charge is 2.30. The van der Waals surface area contributed by atoms with Crippen molar-refractivity contribution in [3.05, 3.63) is 53.6 Å². The van der Waals surface area contributed by atoms with Gasteiger partial charge in [-0.15, -0.1) is 0 Å². The van der Waals surface area contributed by atoms with Crippen LogP contribution in [0.2, 0.25) is 0 Å². The van der Waals surface area contributed by atoms with Crippen molar-refractivity contribution in [2.45, 2.75) is 12.8 Å². The van der Waals surface area contributed by atoms with Gasteiger partial charge in [0.25, 0.3) is 5.91 Å². The number of benzene rings is 2. The van der Waals surface area contributed by atoms with Gasteiger partial charge in [0.15, 0.2) is 0 Å². The second-order valence-electron chi connectivity index (χ2n) is 6.06. The molecule has 4 rings (SSSR count). The first-order valence-corrected chi connectivity index (χ1v) is 8.10. The number of amides is 1. The molecule has 0 spiro atoms. The van der Waals surface area contributed by atoms with Crippen molar-refractivity contribution in [3.8, 4) is 5.75 Å². The molecule has 23 heavy (non-hydrogen) atoms. The first kappa shape index (κ1) is 14.1. The molecule has 4 nitrogen and oxygen atoms in total. The number of carbonyl (C=O) groups excluding carboxylic acids is 1. The van der Waals surface area contributed by atoms with Crippen molar-refractivity contribution in [1.82, 2.24) is 0 Å². The third-order valence-electron chi connectivity index (χ3n) is 4.76. The molecule has 0 radical (unpaired) electrons. The zero-order chi connectivity index (χ0) is 15.8. The van der Waals surface area contributed by atoms with Gasteiger partial charge in [-0.1, -0.05) is 12.1 Å². The Morgan fingerprint density at radius 3 is 2.65 bits per heavy atom. The number of anilines is 2. The van der Waals surface area contributed by atoms with Crippen LogP contribution in [0, 0.1) is 0 Å². The van der Waals surface area contributed by atoms with E-state index in [-0.39, 0.29) is 5.91 Å². The zero-order valence-electron chi connectivity index (χ0n) is 13.3. The van der Waals surface area contributed by atoms with Gasteiger partial charge in [0.2, 0.25) is 0 Å². The molecule has 2 aromatic carbocycles. The number of rotatable bonds is 2. The summed E-state index contributed by atoms with van der Waals surface area (Å²) in [6.45, 7) is 2.74. The minimum atomic E-state index is 0.0614. The standard InChI is InChI=1S/C19H20N2O2/c1-23-16-9-7-15(8-10-16)19(22)21-13-12-20-11-3-5-14-4-2-6-17(21)18(14)20/h2,4,6-10H,3,5,11-13H2,1H3. The Hall–Kier alpha value is -2.49. The Kier molecular flexibility index (Phi) is 3.45. The molecule has 0 fully saturated rings. The molecule has 0 N–H and O–H groups in total. The maximum atomic E-state index is 13.0. The smallest absolute Gasteiger partial charge is 0.258 e. The van der Waals surface area contributed by atoms with E-state index >= 15 is 0 Å². The summed E-state index contributed by atoms with van der Waals surface area (Å²) in [5.74, 6) is 0.828. The maximum Gasteiger partial charge on any atom is 0.258 e. The first-order valence-electron chi connectivity index (χ1n) is 8.10. The minimum absolute atomic E-state index is 0.0614. The highest BCUT2D eigenvalue weighted by atomic mass is 16.5. The van der Waals surface area contributed by atoms with Crippen molar-refractivity contribution < 1.29 is 9.53 Å². The molecule has 0 atom stereocenters.